The molecule has 1 saturated heterocycles. The molecule has 1 heterocycles. The maximum atomic E-state index is 12.3. The van der Waals surface area contributed by atoms with Gasteiger partial charge in [0, 0.05) is 13.0 Å². The lowest BCUT2D eigenvalue weighted by Gasteiger charge is -2.23. The first kappa shape index (κ1) is 15.1. The Morgan fingerprint density at radius 3 is 2.50 bits per heavy atom. The molecule has 0 N–H and O–H groups in total. The van der Waals surface area contributed by atoms with Gasteiger partial charge < -0.3 is 9.64 Å². The molecule has 0 aromatic heterocycles. The number of ether oxygens (including phenoxy) is 1. The van der Waals surface area contributed by atoms with Crippen LogP contribution in [0.3, 0.4) is 0 Å². The van der Waals surface area contributed by atoms with E-state index < -0.39 is 30.5 Å². The molecule has 1 atom stereocenters. The van der Waals surface area contributed by atoms with Gasteiger partial charge in [0.1, 0.15) is 12.6 Å². The summed E-state index contributed by atoms with van der Waals surface area (Å²) in [6, 6.07) is 0. The van der Waals surface area contributed by atoms with Gasteiger partial charge in [-0.1, -0.05) is 6.42 Å². The first-order valence-corrected chi connectivity index (χ1v) is 6.90. The summed E-state index contributed by atoms with van der Waals surface area (Å²) in [5.74, 6) is -1.92. The number of hydrogen-bond acceptors (Lipinski definition) is 3. The molecule has 2 rings (SSSR count). The fourth-order valence-electron chi connectivity index (χ4n) is 2.74. The molecule has 20 heavy (non-hydrogen) atoms. The zero-order chi connectivity index (χ0) is 14.8. The van der Waals surface area contributed by atoms with Gasteiger partial charge in [-0.05, 0) is 25.7 Å². The van der Waals surface area contributed by atoms with E-state index in [2.05, 4.69) is 0 Å². The molecule has 0 bridgehead atoms. The molecular formula is C13H18F3NO3. The van der Waals surface area contributed by atoms with Crippen LogP contribution in [0.5, 0.6) is 0 Å². The van der Waals surface area contributed by atoms with E-state index in [0.717, 1.165) is 32.1 Å². The van der Waals surface area contributed by atoms with Crippen molar-refractivity contribution in [3.05, 3.63) is 0 Å². The van der Waals surface area contributed by atoms with Gasteiger partial charge in [0.2, 0.25) is 5.91 Å². The third-order valence-corrected chi connectivity index (χ3v) is 3.75. The van der Waals surface area contributed by atoms with Crippen LogP contribution in [0.4, 0.5) is 13.2 Å². The van der Waals surface area contributed by atoms with Crippen LogP contribution in [0.1, 0.15) is 38.5 Å². The standard InChI is InChI=1S/C13H18F3NO3/c14-13(15,16)8-17-7-9(6-11(17)18)12(19)20-10-4-2-1-3-5-10/h9-10H,1-8H2. The number of amides is 1. The van der Waals surface area contributed by atoms with Crippen molar-refractivity contribution in [2.75, 3.05) is 13.1 Å². The van der Waals surface area contributed by atoms with Crippen LogP contribution in [0, 0.1) is 5.92 Å². The zero-order valence-electron chi connectivity index (χ0n) is 11.1. The van der Waals surface area contributed by atoms with Gasteiger partial charge in [0.15, 0.2) is 0 Å². The molecule has 1 aliphatic heterocycles. The van der Waals surface area contributed by atoms with Crippen LogP contribution < -0.4 is 0 Å². The summed E-state index contributed by atoms with van der Waals surface area (Å²) >= 11 is 0. The molecule has 0 aromatic rings. The highest BCUT2D eigenvalue weighted by Gasteiger charge is 2.41. The number of carbonyl (C=O) groups is 2. The molecule has 4 nitrogen and oxygen atoms in total. The lowest BCUT2D eigenvalue weighted by Crippen LogP contribution is -2.36. The van der Waals surface area contributed by atoms with Crippen molar-refractivity contribution in [2.24, 2.45) is 5.92 Å². The molecule has 2 aliphatic rings. The highest BCUT2D eigenvalue weighted by atomic mass is 19.4. The first-order chi connectivity index (χ1) is 9.35. The smallest absolute Gasteiger partial charge is 0.406 e. The average Bonchev–Trinajstić information content (AvgIpc) is 2.70. The molecule has 0 aromatic carbocycles. The second-order valence-corrected chi connectivity index (χ2v) is 5.49. The van der Waals surface area contributed by atoms with Gasteiger partial charge in [-0.25, -0.2) is 0 Å². The second-order valence-electron chi connectivity index (χ2n) is 5.49. The van der Waals surface area contributed by atoms with Gasteiger partial charge >= 0.3 is 12.1 Å². The topological polar surface area (TPSA) is 46.6 Å². The number of alkyl halides is 3. The lowest BCUT2D eigenvalue weighted by molar-refractivity contribution is -0.159. The third-order valence-electron chi connectivity index (χ3n) is 3.75. The van der Waals surface area contributed by atoms with Crippen LogP contribution in [0.15, 0.2) is 0 Å². The average molecular weight is 293 g/mol. The molecule has 0 spiro atoms. The van der Waals surface area contributed by atoms with E-state index in [-0.39, 0.29) is 19.1 Å². The molecular weight excluding hydrogens is 275 g/mol. The minimum atomic E-state index is -4.43. The van der Waals surface area contributed by atoms with Crippen molar-refractivity contribution in [1.82, 2.24) is 4.90 Å². The molecule has 1 saturated carbocycles. The van der Waals surface area contributed by atoms with Crippen LogP contribution in [-0.4, -0.2) is 42.1 Å². The molecule has 7 heteroatoms. The van der Waals surface area contributed by atoms with Crippen molar-refractivity contribution >= 4 is 11.9 Å². The summed E-state index contributed by atoms with van der Waals surface area (Å²) in [4.78, 5) is 24.1. The van der Waals surface area contributed by atoms with Gasteiger partial charge in [-0.3, -0.25) is 9.59 Å². The first-order valence-electron chi connectivity index (χ1n) is 6.90. The second kappa shape index (κ2) is 6.01. The Kier molecular flexibility index (Phi) is 4.55. The SMILES string of the molecule is O=C(OC1CCCCC1)C1CC(=O)N(CC(F)(F)F)C1. The van der Waals surface area contributed by atoms with E-state index in [1.54, 1.807) is 0 Å². The largest absolute Gasteiger partial charge is 0.462 e. The highest BCUT2D eigenvalue weighted by molar-refractivity contribution is 5.86. The predicted molar refractivity (Wildman–Crippen MR) is 63.7 cm³/mol. The summed E-state index contributed by atoms with van der Waals surface area (Å²) < 4.78 is 42.1. The number of rotatable bonds is 3. The Morgan fingerprint density at radius 1 is 1.25 bits per heavy atom. The summed E-state index contributed by atoms with van der Waals surface area (Å²) in [6.07, 6.45) is -0.0154. The highest BCUT2D eigenvalue weighted by Crippen LogP contribution is 2.26. The predicted octanol–water partition coefficient (Wildman–Crippen LogP) is 2.27. The molecule has 2 fully saturated rings. The number of likely N-dealkylation sites (tertiary alicyclic amines) is 1. The Bertz CT molecular complexity index is 378. The van der Waals surface area contributed by atoms with E-state index in [9.17, 15) is 22.8 Å². The molecule has 0 radical (unpaired) electrons. The zero-order valence-corrected chi connectivity index (χ0v) is 11.1. The van der Waals surface area contributed by atoms with E-state index in [4.69, 9.17) is 4.74 Å². The van der Waals surface area contributed by atoms with Gasteiger partial charge in [-0.2, -0.15) is 13.2 Å². The fourth-order valence-corrected chi connectivity index (χ4v) is 2.74. The van der Waals surface area contributed by atoms with Crippen LogP contribution in [0.2, 0.25) is 0 Å². The summed E-state index contributed by atoms with van der Waals surface area (Å²) in [5, 5.41) is 0. The van der Waals surface area contributed by atoms with Crippen LogP contribution in [-0.2, 0) is 14.3 Å². The molecule has 1 amide bonds. The summed E-state index contributed by atoms with van der Waals surface area (Å²) in [7, 11) is 0. The Labute approximate surface area is 115 Å². The van der Waals surface area contributed by atoms with Crippen molar-refractivity contribution in [2.45, 2.75) is 50.8 Å². The Morgan fingerprint density at radius 2 is 1.90 bits per heavy atom. The van der Waals surface area contributed by atoms with E-state index in [0.29, 0.717) is 4.90 Å². The Balaban J connectivity index is 1.84. The lowest BCUT2D eigenvalue weighted by atomic mass is 9.97. The van der Waals surface area contributed by atoms with Crippen LogP contribution >= 0.6 is 0 Å². The van der Waals surface area contributed by atoms with Gasteiger partial charge in [0.05, 0.1) is 5.92 Å². The van der Waals surface area contributed by atoms with E-state index in [1.807, 2.05) is 0 Å². The summed E-state index contributed by atoms with van der Waals surface area (Å²) in [6.45, 7) is -1.48. The number of esters is 1. The molecule has 114 valence electrons. The van der Waals surface area contributed by atoms with Gasteiger partial charge in [0.25, 0.3) is 0 Å². The Hall–Kier alpha value is -1.27. The quantitative estimate of drug-likeness (QED) is 0.750. The normalized spacial score (nSPS) is 25.1. The fraction of sp³-hybridized carbons (Fsp3) is 0.846. The van der Waals surface area contributed by atoms with Crippen molar-refractivity contribution < 1.29 is 27.5 Å². The molecule has 1 aliphatic carbocycles. The van der Waals surface area contributed by atoms with Gasteiger partial charge in [-0.15, -0.1) is 0 Å². The summed E-state index contributed by atoms with van der Waals surface area (Å²) in [5.41, 5.74) is 0. The maximum absolute atomic E-state index is 12.3. The number of hydrogen-bond donors (Lipinski definition) is 0. The number of carbonyl (C=O) groups excluding carboxylic acids is 2. The minimum absolute atomic E-state index is 0.136. The van der Waals surface area contributed by atoms with Crippen LogP contribution in [0.25, 0.3) is 0 Å². The van der Waals surface area contributed by atoms with E-state index >= 15 is 0 Å². The van der Waals surface area contributed by atoms with Crippen molar-refractivity contribution in [1.29, 1.82) is 0 Å². The molecule has 1 unspecified atom stereocenters. The number of halogens is 3. The third kappa shape index (κ3) is 4.11. The number of nitrogens with zero attached hydrogens (tertiary/aromatic N) is 1. The van der Waals surface area contributed by atoms with Crippen molar-refractivity contribution in [3.63, 3.8) is 0 Å². The maximum Gasteiger partial charge on any atom is 0.406 e. The monoisotopic (exact) mass is 293 g/mol. The van der Waals surface area contributed by atoms with E-state index in [1.165, 1.54) is 0 Å². The minimum Gasteiger partial charge on any atom is -0.462 e. The van der Waals surface area contributed by atoms with Crippen molar-refractivity contribution in [3.8, 4) is 0 Å².